The molecule has 18 heavy (non-hydrogen) atoms. The normalized spacial score (nSPS) is 10.6. The highest BCUT2D eigenvalue weighted by atomic mass is 19.2. The van der Waals surface area contributed by atoms with Crippen molar-refractivity contribution >= 4 is 0 Å². The van der Waals surface area contributed by atoms with Crippen molar-refractivity contribution in [1.82, 2.24) is 5.32 Å². The maximum Gasteiger partial charge on any atom is 0.200 e. The predicted molar refractivity (Wildman–Crippen MR) is 68.9 cm³/mol. The fraction of sp³-hybridized carbons (Fsp3) is 0.571. The van der Waals surface area contributed by atoms with Crippen LogP contribution in [0, 0.1) is 11.6 Å². The molecule has 1 rings (SSSR count). The Kier molecular flexibility index (Phi) is 7.34. The molecule has 1 aromatic carbocycles. The van der Waals surface area contributed by atoms with Crippen molar-refractivity contribution in [3.05, 3.63) is 29.8 Å². The third kappa shape index (κ3) is 5.45. The van der Waals surface area contributed by atoms with Crippen LogP contribution in [-0.2, 0) is 0 Å². The minimum atomic E-state index is -0.916. The third-order valence-electron chi connectivity index (χ3n) is 2.66. The Morgan fingerprint density at radius 3 is 2.72 bits per heavy atom. The van der Waals surface area contributed by atoms with Crippen molar-refractivity contribution in [2.45, 2.75) is 32.6 Å². The molecule has 0 aliphatic heterocycles. The Morgan fingerprint density at radius 1 is 1.11 bits per heavy atom. The van der Waals surface area contributed by atoms with E-state index in [0.29, 0.717) is 13.2 Å². The summed E-state index contributed by atoms with van der Waals surface area (Å²) >= 11 is 0. The first-order valence-corrected chi connectivity index (χ1v) is 6.53. The van der Waals surface area contributed by atoms with Gasteiger partial charge in [0.15, 0.2) is 11.6 Å². The largest absolute Gasteiger partial charge is 0.489 e. The van der Waals surface area contributed by atoms with Crippen LogP contribution < -0.4 is 10.1 Å². The van der Waals surface area contributed by atoms with Gasteiger partial charge < -0.3 is 10.1 Å². The molecule has 0 atom stereocenters. The van der Waals surface area contributed by atoms with Crippen LogP contribution in [0.5, 0.6) is 5.75 Å². The predicted octanol–water partition coefficient (Wildman–Crippen LogP) is 3.51. The lowest BCUT2D eigenvalue weighted by Crippen LogP contribution is -2.22. The summed E-state index contributed by atoms with van der Waals surface area (Å²) < 4.78 is 31.2. The molecule has 0 unspecified atom stereocenters. The molecule has 0 saturated heterocycles. The first-order valence-electron chi connectivity index (χ1n) is 6.53. The Bertz CT molecular complexity index is 345. The molecule has 0 bridgehead atoms. The molecule has 0 amide bonds. The molecule has 0 aromatic heterocycles. The van der Waals surface area contributed by atoms with Gasteiger partial charge in [-0.05, 0) is 25.1 Å². The summed E-state index contributed by atoms with van der Waals surface area (Å²) in [5.41, 5.74) is 0. The van der Waals surface area contributed by atoms with Crippen molar-refractivity contribution in [3.63, 3.8) is 0 Å². The first kappa shape index (κ1) is 14.9. The van der Waals surface area contributed by atoms with E-state index < -0.39 is 11.6 Å². The van der Waals surface area contributed by atoms with Gasteiger partial charge in [-0.15, -0.1) is 0 Å². The zero-order valence-corrected chi connectivity index (χ0v) is 10.8. The summed E-state index contributed by atoms with van der Waals surface area (Å²) in [5.74, 6) is -1.82. The van der Waals surface area contributed by atoms with E-state index in [1.807, 2.05) is 0 Å². The fourth-order valence-electron chi connectivity index (χ4n) is 1.63. The molecule has 1 N–H and O–H groups in total. The highest BCUT2D eigenvalue weighted by Gasteiger charge is 2.07. The molecular weight excluding hydrogens is 236 g/mol. The van der Waals surface area contributed by atoms with Gasteiger partial charge >= 0.3 is 0 Å². The summed E-state index contributed by atoms with van der Waals surface area (Å²) in [7, 11) is 0. The molecule has 0 heterocycles. The van der Waals surface area contributed by atoms with Gasteiger partial charge in [0, 0.05) is 6.54 Å². The number of benzene rings is 1. The number of ether oxygens (including phenoxy) is 1. The number of halogens is 2. The molecular formula is C14H21F2NO. The maximum absolute atomic E-state index is 13.2. The van der Waals surface area contributed by atoms with Gasteiger partial charge in [0.25, 0.3) is 0 Å². The van der Waals surface area contributed by atoms with Gasteiger partial charge in [-0.2, -0.15) is 4.39 Å². The van der Waals surface area contributed by atoms with Crippen molar-refractivity contribution < 1.29 is 13.5 Å². The third-order valence-corrected chi connectivity index (χ3v) is 2.66. The van der Waals surface area contributed by atoms with Crippen LogP contribution in [0.25, 0.3) is 0 Å². The number of rotatable bonds is 9. The van der Waals surface area contributed by atoms with E-state index in [9.17, 15) is 8.78 Å². The standard InChI is InChI=1S/C14H21F2NO/c1-2-3-4-5-9-17-10-11-18-13-8-6-7-12(15)14(13)16/h6-8,17H,2-5,9-11H2,1H3. The quantitative estimate of drug-likeness (QED) is 0.683. The fourth-order valence-corrected chi connectivity index (χ4v) is 1.63. The second-order valence-corrected chi connectivity index (χ2v) is 4.21. The van der Waals surface area contributed by atoms with Crippen LogP contribution in [0.15, 0.2) is 18.2 Å². The summed E-state index contributed by atoms with van der Waals surface area (Å²) in [6.45, 7) is 4.10. The lowest BCUT2D eigenvalue weighted by atomic mass is 10.2. The minimum absolute atomic E-state index is 0.0252. The maximum atomic E-state index is 13.2. The zero-order valence-electron chi connectivity index (χ0n) is 10.8. The van der Waals surface area contributed by atoms with Gasteiger partial charge in [0.2, 0.25) is 5.82 Å². The van der Waals surface area contributed by atoms with E-state index in [1.165, 1.54) is 31.4 Å². The zero-order chi connectivity index (χ0) is 13.2. The topological polar surface area (TPSA) is 21.3 Å². The van der Waals surface area contributed by atoms with E-state index in [2.05, 4.69) is 12.2 Å². The van der Waals surface area contributed by atoms with Crippen molar-refractivity contribution in [1.29, 1.82) is 0 Å². The summed E-state index contributed by atoms with van der Waals surface area (Å²) in [5, 5.41) is 3.21. The molecule has 0 aliphatic rings. The van der Waals surface area contributed by atoms with Crippen LogP contribution in [0.1, 0.15) is 32.6 Å². The number of nitrogens with one attached hydrogen (secondary N) is 1. The SMILES string of the molecule is CCCCCCNCCOc1cccc(F)c1F. The van der Waals surface area contributed by atoms with Gasteiger partial charge in [0.05, 0.1) is 0 Å². The van der Waals surface area contributed by atoms with E-state index >= 15 is 0 Å². The van der Waals surface area contributed by atoms with Gasteiger partial charge in [0.1, 0.15) is 6.61 Å². The molecule has 0 saturated carbocycles. The summed E-state index contributed by atoms with van der Waals surface area (Å²) in [6, 6.07) is 3.94. The average molecular weight is 257 g/mol. The highest BCUT2D eigenvalue weighted by Crippen LogP contribution is 2.18. The molecule has 4 heteroatoms. The number of unbranched alkanes of at least 4 members (excludes halogenated alkanes) is 3. The number of hydrogen-bond acceptors (Lipinski definition) is 2. The summed E-state index contributed by atoms with van der Waals surface area (Å²) in [6.07, 6.45) is 4.85. The van der Waals surface area contributed by atoms with Gasteiger partial charge in [-0.3, -0.25) is 0 Å². The van der Waals surface area contributed by atoms with E-state index in [0.717, 1.165) is 19.0 Å². The second kappa shape index (κ2) is 8.86. The molecule has 0 aliphatic carbocycles. The molecule has 0 fully saturated rings. The Balaban J connectivity index is 2.09. The van der Waals surface area contributed by atoms with Crippen molar-refractivity contribution in [2.24, 2.45) is 0 Å². The van der Waals surface area contributed by atoms with Crippen molar-refractivity contribution in [3.8, 4) is 5.75 Å². The van der Waals surface area contributed by atoms with Crippen LogP contribution in [-0.4, -0.2) is 19.7 Å². The second-order valence-electron chi connectivity index (χ2n) is 4.21. The molecule has 1 aromatic rings. The number of hydrogen-bond donors (Lipinski definition) is 1. The van der Waals surface area contributed by atoms with Gasteiger partial charge in [-0.1, -0.05) is 32.3 Å². The minimum Gasteiger partial charge on any atom is -0.489 e. The smallest absolute Gasteiger partial charge is 0.200 e. The van der Waals surface area contributed by atoms with E-state index in [-0.39, 0.29) is 5.75 Å². The molecule has 0 spiro atoms. The van der Waals surface area contributed by atoms with Crippen molar-refractivity contribution in [2.75, 3.05) is 19.7 Å². The van der Waals surface area contributed by atoms with Crippen LogP contribution in [0.3, 0.4) is 0 Å². The van der Waals surface area contributed by atoms with E-state index in [1.54, 1.807) is 0 Å². The Morgan fingerprint density at radius 2 is 1.94 bits per heavy atom. The molecule has 102 valence electrons. The van der Waals surface area contributed by atoms with Crippen LogP contribution in [0.4, 0.5) is 8.78 Å². The average Bonchev–Trinajstić information content (AvgIpc) is 2.37. The van der Waals surface area contributed by atoms with Crippen LogP contribution >= 0.6 is 0 Å². The molecule has 0 radical (unpaired) electrons. The lowest BCUT2D eigenvalue weighted by molar-refractivity contribution is 0.293. The Labute approximate surface area is 107 Å². The highest BCUT2D eigenvalue weighted by molar-refractivity contribution is 5.24. The van der Waals surface area contributed by atoms with Crippen LogP contribution in [0.2, 0.25) is 0 Å². The first-order chi connectivity index (χ1) is 8.75. The monoisotopic (exact) mass is 257 g/mol. The Hall–Kier alpha value is -1.16. The summed E-state index contributed by atoms with van der Waals surface area (Å²) in [4.78, 5) is 0. The lowest BCUT2D eigenvalue weighted by Gasteiger charge is -2.08. The van der Waals surface area contributed by atoms with E-state index in [4.69, 9.17) is 4.74 Å². The van der Waals surface area contributed by atoms with Gasteiger partial charge in [-0.25, -0.2) is 4.39 Å². The molecule has 2 nitrogen and oxygen atoms in total.